The third kappa shape index (κ3) is 2.10. The van der Waals surface area contributed by atoms with Crippen LogP contribution in [0, 0.1) is 20.1 Å². The van der Waals surface area contributed by atoms with Crippen LogP contribution in [0.3, 0.4) is 0 Å². The third-order valence-corrected chi connectivity index (χ3v) is 0.793. The van der Waals surface area contributed by atoms with Crippen molar-refractivity contribution in [2.45, 2.75) is 13.8 Å². The molecule has 1 radical (unpaired) electrons. The number of hydrogen-bond donors (Lipinski definition) is 0. The molecule has 1 nitrogen and oxygen atoms in total. The molecule has 8 heavy (non-hydrogen) atoms. The summed E-state index contributed by atoms with van der Waals surface area (Å²) >= 11 is 0. The van der Waals surface area contributed by atoms with Crippen LogP contribution in [0.5, 0.6) is 0 Å². The van der Waals surface area contributed by atoms with E-state index in [0.29, 0.717) is 0 Å². The minimum absolute atomic E-state index is 0. The molecule has 0 unspecified atom stereocenters. The van der Waals surface area contributed by atoms with Gasteiger partial charge in [-0.25, -0.2) is 0 Å². The summed E-state index contributed by atoms with van der Waals surface area (Å²) in [6.07, 6.45) is 2.69. The van der Waals surface area contributed by atoms with Gasteiger partial charge in [-0.1, -0.05) is 19.6 Å². The predicted molar refractivity (Wildman–Crippen MR) is 27.0 cm³/mol. The number of aryl methyl sites for hydroxylation is 2. The molecule has 1 rings (SSSR count). The standard InChI is InChI=1S/C6H7O.Y/c1-5-3-6(2)7-4-5;/h3H,1-2H3;/q-1;. The van der Waals surface area contributed by atoms with E-state index in [2.05, 4.69) is 6.26 Å². The molecule has 1 aromatic heterocycles. The van der Waals surface area contributed by atoms with Gasteiger partial charge < -0.3 is 4.42 Å². The molecule has 0 amide bonds. The van der Waals surface area contributed by atoms with Crippen molar-refractivity contribution < 1.29 is 37.1 Å². The molecule has 0 saturated heterocycles. The molecule has 1 aromatic rings. The number of furan rings is 1. The Balaban J connectivity index is 0.000000490. The second kappa shape index (κ2) is 3.42. The van der Waals surface area contributed by atoms with Crippen LogP contribution in [0.2, 0.25) is 0 Å². The van der Waals surface area contributed by atoms with Crippen LogP contribution in [0.25, 0.3) is 0 Å². The first-order valence-corrected chi connectivity index (χ1v) is 2.24. The van der Waals surface area contributed by atoms with Crippen molar-refractivity contribution in [3.63, 3.8) is 0 Å². The summed E-state index contributed by atoms with van der Waals surface area (Å²) in [6, 6.07) is 1.94. The minimum Gasteiger partial charge on any atom is -0.596 e. The SMILES string of the molecule is Cc1[c-]oc(C)c1.[Y]. The molecular weight excluding hydrogens is 177 g/mol. The van der Waals surface area contributed by atoms with Crippen LogP contribution in [0.4, 0.5) is 0 Å². The van der Waals surface area contributed by atoms with E-state index in [1.165, 1.54) is 0 Å². The molecule has 2 heteroatoms. The van der Waals surface area contributed by atoms with Gasteiger partial charge in [0.25, 0.3) is 0 Å². The Morgan fingerprint density at radius 2 is 2.12 bits per heavy atom. The summed E-state index contributed by atoms with van der Waals surface area (Å²) in [5.41, 5.74) is 1.07. The predicted octanol–water partition coefficient (Wildman–Crippen LogP) is 1.69. The minimum atomic E-state index is 0. The van der Waals surface area contributed by atoms with E-state index < -0.39 is 0 Å². The Bertz CT molecular complexity index is 141. The molecule has 0 aromatic carbocycles. The van der Waals surface area contributed by atoms with Crippen molar-refractivity contribution in [3.05, 3.63) is 23.7 Å². The van der Waals surface area contributed by atoms with Gasteiger partial charge >= 0.3 is 0 Å². The van der Waals surface area contributed by atoms with E-state index in [1.807, 2.05) is 19.9 Å². The van der Waals surface area contributed by atoms with Gasteiger partial charge in [0.1, 0.15) is 0 Å². The maximum absolute atomic E-state index is 4.84. The van der Waals surface area contributed by atoms with Gasteiger partial charge in [0.15, 0.2) is 0 Å². The second-order valence-corrected chi connectivity index (χ2v) is 1.64. The molecule has 0 saturated carbocycles. The van der Waals surface area contributed by atoms with Gasteiger partial charge in [-0.15, -0.1) is 5.56 Å². The molecular formula is C6H7OY-. The van der Waals surface area contributed by atoms with Crippen LogP contribution >= 0.6 is 0 Å². The summed E-state index contributed by atoms with van der Waals surface area (Å²) in [5.74, 6) is 0.928. The number of hydrogen-bond acceptors (Lipinski definition) is 1. The molecule has 0 N–H and O–H groups in total. The van der Waals surface area contributed by atoms with Crippen molar-refractivity contribution in [1.82, 2.24) is 0 Å². The van der Waals surface area contributed by atoms with Gasteiger partial charge in [-0.2, -0.15) is 6.07 Å². The Morgan fingerprint density at radius 3 is 2.25 bits per heavy atom. The molecule has 0 spiro atoms. The average molecular weight is 184 g/mol. The van der Waals surface area contributed by atoms with Crippen LogP contribution in [-0.4, -0.2) is 0 Å². The first-order chi connectivity index (χ1) is 3.29. The second-order valence-electron chi connectivity index (χ2n) is 1.64. The first-order valence-electron chi connectivity index (χ1n) is 2.24. The summed E-state index contributed by atoms with van der Waals surface area (Å²) in [6.45, 7) is 3.86. The summed E-state index contributed by atoms with van der Waals surface area (Å²) in [4.78, 5) is 0. The molecule has 41 valence electrons. The fourth-order valence-electron chi connectivity index (χ4n) is 0.525. The van der Waals surface area contributed by atoms with E-state index in [4.69, 9.17) is 4.42 Å². The van der Waals surface area contributed by atoms with E-state index in [0.717, 1.165) is 11.3 Å². The van der Waals surface area contributed by atoms with Crippen molar-refractivity contribution in [2.24, 2.45) is 0 Å². The molecule has 0 fully saturated rings. The monoisotopic (exact) mass is 184 g/mol. The van der Waals surface area contributed by atoms with E-state index in [9.17, 15) is 0 Å². The van der Waals surface area contributed by atoms with Crippen LogP contribution in [-0.2, 0) is 32.7 Å². The van der Waals surface area contributed by atoms with Crippen LogP contribution < -0.4 is 0 Å². The Kier molecular flexibility index (Phi) is 3.58. The smallest absolute Gasteiger partial charge is 0 e. The van der Waals surface area contributed by atoms with E-state index in [-0.39, 0.29) is 32.7 Å². The molecule has 0 atom stereocenters. The number of rotatable bonds is 0. The topological polar surface area (TPSA) is 13.1 Å². The van der Waals surface area contributed by atoms with Crippen molar-refractivity contribution in [3.8, 4) is 0 Å². The van der Waals surface area contributed by atoms with Gasteiger partial charge in [-0.05, 0) is 6.26 Å². The normalized spacial score (nSPS) is 8.25. The summed E-state index contributed by atoms with van der Waals surface area (Å²) in [5, 5.41) is 0. The zero-order valence-corrected chi connectivity index (χ0v) is 7.90. The Hall–Kier alpha value is 0.384. The van der Waals surface area contributed by atoms with Crippen molar-refractivity contribution in [2.75, 3.05) is 0 Å². The maximum Gasteiger partial charge on any atom is 0 e. The molecule has 0 aliphatic rings. The fraction of sp³-hybridized carbons (Fsp3) is 0.333. The van der Waals surface area contributed by atoms with Crippen LogP contribution in [0.15, 0.2) is 10.5 Å². The molecule has 0 bridgehead atoms. The summed E-state index contributed by atoms with van der Waals surface area (Å²) in [7, 11) is 0. The van der Waals surface area contributed by atoms with Gasteiger partial charge in [-0.3, -0.25) is 0 Å². The zero-order valence-electron chi connectivity index (χ0n) is 5.06. The van der Waals surface area contributed by atoms with Gasteiger partial charge in [0.05, 0.1) is 0 Å². The first kappa shape index (κ1) is 8.38. The van der Waals surface area contributed by atoms with Gasteiger partial charge in [0, 0.05) is 32.7 Å². The Morgan fingerprint density at radius 1 is 1.50 bits per heavy atom. The Labute approximate surface area is 74.3 Å². The third-order valence-electron chi connectivity index (χ3n) is 0.793. The maximum atomic E-state index is 4.84. The van der Waals surface area contributed by atoms with E-state index >= 15 is 0 Å². The average Bonchev–Trinajstić information content (AvgIpc) is 1.87. The quantitative estimate of drug-likeness (QED) is 0.559. The van der Waals surface area contributed by atoms with Gasteiger partial charge in [0.2, 0.25) is 0 Å². The van der Waals surface area contributed by atoms with E-state index in [1.54, 1.807) is 0 Å². The molecule has 0 aliphatic heterocycles. The van der Waals surface area contributed by atoms with Crippen molar-refractivity contribution in [1.29, 1.82) is 0 Å². The zero-order chi connectivity index (χ0) is 5.28. The fourth-order valence-corrected chi connectivity index (χ4v) is 0.525. The largest absolute Gasteiger partial charge is 0.596 e. The van der Waals surface area contributed by atoms with Crippen LogP contribution in [0.1, 0.15) is 11.3 Å². The van der Waals surface area contributed by atoms with Crippen molar-refractivity contribution >= 4 is 0 Å². The summed E-state index contributed by atoms with van der Waals surface area (Å²) < 4.78 is 4.84. The molecule has 1 heterocycles. The molecule has 0 aliphatic carbocycles.